The number of nitrogens with zero attached hydrogens (tertiary/aromatic N) is 4. The highest BCUT2D eigenvalue weighted by Gasteiger charge is 2.27. The van der Waals surface area contributed by atoms with Crippen LogP contribution in [0.15, 0.2) is 92.2 Å². The largest absolute Gasteiger partial charge is 0.507 e. The molecular weight excluding hydrogens is 713 g/mol. The highest BCUT2D eigenvalue weighted by atomic mass is 32.2. The quantitative estimate of drug-likeness (QED) is 0.0433. The molecule has 11 aromatic rings. The smallest absolute Gasteiger partial charge is 0.264 e. The van der Waals surface area contributed by atoms with E-state index in [1.807, 2.05) is 12.1 Å². The van der Waals surface area contributed by atoms with Crippen LogP contribution in [0.2, 0.25) is 0 Å². The number of phenols is 2. The van der Waals surface area contributed by atoms with E-state index in [0.717, 1.165) is 24.1 Å². The summed E-state index contributed by atoms with van der Waals surface area (Å²) in [5.41, 5.74) is 2.03. The third-order valence-electron chi connectivity index (χ3n) is 9.98. The van der Waals surface area contributed by atoms with Crippen molar-refractivity contribution < 1.29 is 39.5 Å². The van der Waals surface area contributed by atoms with E-state index in [2.05, 4.69) is 18.7 Å². The van der Waals surface area contributed by atoms with Crippen molar-refractivity contribution in [2.75, 3.05) is 0 Å². The molecule has 16 heteroatoms. The van der Waals surface area contributed by atoms with Gasteiger partial charge in [0.25, 0.3) is 11.1 Å². The molecule has 52 heavy (non-hydrogen) atoms. The predicted molar refractivity (Wildman–Crippen MR) is 195 cm³/mol. The van der Waals surface area contributed by atoms with Gasteiger partial charge in [0.05, 0.1) is 51.5 Å². The highest BCUT2D eigenvalue weighted by molar-refractivity contribution is 7.94. The third kappa shape index (κ3) is 3.65. The summed E-state index contributed by atoms with van der Waals surface area (Å²) in [6.07, 6.45) is 0. The Hall–Kier alpha value is -5.82. The summed E-state index contributed by atoms with van der Waals surface area (Å²) in [7, 11) is 0. The second kappa shape index (κ2) is 10.4. The Morgan fingerprint density at radius 2 is 0.962 bits per heavy atom. The summed E-state index contributed by atoms with van der Waals surface area (Å²) < 4.78 is 12.1. The van der Waals surface area contributed by atoms with E-state index in [9.17, 15) is 19.8 Å². The molecule has 7 aromatic carbocycles. The Morgan fingerprint density at radius 1 is 0.500 bits per heavy atom. The molecule has 0 saturated carbocycles. The predicted octanol–water partition coefficient (Wildman–Crippen LogP) is 7.51. The number of rotatable bonds is 6. The van der Waals surface area contributed by atoms with Crippen molar-refractivity contribution in [3.63, 3.8) is 0 Å². The molecule has 0 spiro atoms. The fourth-order valence-corrected chi connectivity index (χ4v) is 8.89. The minimum Gasteiger partial charge on any atom is -0.507 e. The monoisotopic (exact) mass is 728 g/mol. The van der Waals surface area contributed by atoms with Crippen molar-refractivity contribution in [3.05, 3.63) is 93.5 Å². The summed E-state index contributed by atoms with van der Waals surface area (Å²) in [6, 6.07) is 20.4. The Balaban J connectivity index is 1.29. The lowest BCUT2D eigenvalue weighted by Gasteiger charge is -2.19. The van der Waals surface area contributed by atoms with Crippen LogP contribution in [0.1, 0.15) is 0 Å². The van der Waals surface area contributed by atoms with E-state index in [-0.39, 0.29) is 22.4 Å². The summed E-state index contributed by atoms with van der Waals surface area (Å²) in [4.78, 5) is 39.3. The molecule has 0 aliphatic rings. The van der Waals surface area contributed by atoms with Crippen molar-refractivity contribution in [1.29, 1.82) is 0 Å². The van der Waals surface area contributed by atoms with Crippen LogP contribution < -0.4 is 11.1 Å². The maximum Gasteiger partial charge on any atom is 0.264 e. The van der Waals surface area contributed by atoms with Crippen molar-refractivity contribution in [2.24, 2.45) is 0 Å². The standard InChI is InChI=1S/C36H16N4O10S2/c41-25-11-19-28-18(35(43)40-24-10-14(52-50-48-46)2-8-22(24)38-34(19)40)6-4-16-30-26(42)12-20-27-17(5-3-15(31(27)30)29(25)32(16)28)33-37-21-7-1-13(51-49-47-45)9-23(21)39(33)36(20)44/h1-12,41-42,45-46H. The SMILES string of the molecule is O=c1c2cc(O)c3c4ccc5c(=O)n6c7cc(SOOO)ccc7nc6c6cc(O)c(c7ccc(c2c73)c2nc3ccc(SOOO)cc3n12)c4c56. The number of phenolic OH excluding ortho intramolecular Hbond substituents is 2. The van der Waals surface area contributed by atoms with Gasteiger partial charge in [0.15, 0.2) is 0 Å². The number of aromatic hydroxyl groups is 2. The molecule has 0 atom stereocenters. The van der Waals surface area contributed by atoms with E-state index in [0.29, 0.717) is 102 Å². The molecular formula is C36H16N4O10S2. The summed E-state index contributed by atoms with van der Waals surface area (Å²) in [5, 5.41) is 54.6. The zero-order valence-electron chi connectivity index (χ0n) is 25.8. The number of pyridine rings is 2. The molecule has 4 heterocycles. The first-order valence-electron chi connectivity index (χ1n) is 15.5. The van der Waals surface area contributed by atoms with Crippen molar-refractivity contribution >= 4 is 122 Å². The Labute approximate surface area is 294 Å². The first-order valence-corrected chi connectivity index (χ1v) is 17.0. The third-order valence-corrected chi connectivity index (χ3v) is 11.1. The average molecular weight is 729 g/mol. The van der Waals surface area contributed by atoms with Crippen LogP contribution in [0.4, 0.5) is 0 Å². The normalized spacial score (nSPS) is 12.8. The molecule has 4 N–H and O–H groups in total. The van der Waals surface area contributed by atoms with Gasteiger partial charge in [0.2, 0.25) is 0 Å². The Morgan fingerprint density at radius 3 is 1.52 bits per heavy atom. The minimum atomic E-state index is -0.410. The van der Waals surface area contributed by atoms with Crippen LogP contribution in [-0.2, 0) is 18.7 Å². The molecule has 0 aliphatic carbocycles. The molecule has 14 nitrogen and oxygen atoms in total. The van der Waals surface area contributed by atoms with E-state index >= 15 is 0 Å². The van der Waals surface area contributed by atoms with Gasteiger partial charge in [-0.2, -0.15) is 0 Å². The van der Waals surface area contributed by atoms with Crippen LogP contribution >= 0.6 is 24.1 Å². The summed E-state index contributed by atoms with van der Waals surface area (Å²) >= 11 is 1.51. The number of hydrogen-bond donors (Lipinski definition) is 4. The maximum absolute atomic E-state index is 14.3. The number of hydrogen-bond acceptors (Lipinski definition) is 14. The minimum absolute atomic E-state index is 0.0714. The molecule has 252 valence electrons. The molecule has 11 rings (SSSR count). The number of fused-ring (bicyclic) bond motifs is 10. The van der Waals surface area contributed by atoms with E-state index < -0.39 is 5.56 Å². The topological polar surface area (TPSA) is 187 Å². The van der Waals surface area contributed by atoms with Crippen LogP contribution in [-0.4, -0.2) is 39.5 Å². The number of aromatic nitrogens is 4. The van der Waals surface area contributed by atoms with E-state index in [1.54, 1.807) is 54.6 Å². The lowest BCUT2D eigenvalue weighted by Crippen LogP contribution is -2.14. The van der Waals surface area contributed by atoms with Gasteiger partial charge in [-0.15, -0.1) is 8.67 Å². The van der Waals surface area contributed by atoms with E-state index in [1.165, 1.54) is 14.9 Å². The van der Waals surface area contributed by atoms with Crippen LogP contribution in [0, 0.1) is 0 Å². The van der Waals surface area contributed by atoms with Crippen LogP contribution in [0.25, 0.3) is 98.0 Å². The van der Waals surface area contributed by atoms with Gasteiger partial charge in [-0.3, -0.25) is 18.4 Å². The molecule has 0 fully saturated rings. The maximum atomic E-state index is 14.3. The first kappa shape index (κ1) is 29.9. The fourth-order valence-electron chi connectivity index (χ4n) is 8.11. The molecule has 0 bridgehead atoms. The fraction of sp³-hybridized carbons (Fsp3) is 0. The second-order valence-corrected chi connectivity index (χ2v) is 13.9. The second-order valence-electron chi connectivity index (χ2n) is 12.4. The Kier molecular flexibility index (Phi) is 5.96. The summed E-state index contributed by atoms with van der Waals surface area (Å²) in [5.74, 6) is -0.218. The Bertz CT molecular complexity index is 3430. The molecule has 0 aliphatic heterocycles. The molecule has 0 amide bonds. The average Bonchev–Trinajstić information content (AvgIpc) is 3.73. The van der Waals surface area contributed by atoms with Crippen molar-refractivity contribution in [3.8, 4) is 11.5 Å². The van der Waals surface area contributed by atoms with Gasteiger partial charge < -0.3 is 10.2 Å². The zero-order valence-corrected chi connectivity index (χ0v) is 27.4. The van der Waals surface area contributed by atoms with Gasteiger partial charge in [-0.05, 0) is 71.4 Å². The number of imidazole rings is 2. The lowest BCUT2D eigenvalue weighted by molar-refractivity contribution is -0.432. The van der Waals surface area contributed by atoms with Gasteiger partial charge in [-0.1, -0.05) is 22.2 Å². The van der Waals surface area contributed by atoms with Crippen molar-refractivity contribution in [1.82, 2.24) is 18.8 Å². The number of benzene rings is 7. The van der Waals surface area contributed by atoms with Crippen LogP contribution in [0.3, 0.4) is 0 Å². The van der Waals surface area contributed by atoms with Gasteiger partial charge in [0, 0.05) is 58.3 Å². The summed E-state index contributed by atoms with van der Waals surface area (Å²) in [6.45, 7) is 0. The van der Waals surface area contributed by atoms with Crippen LogP contribution in [0.5, 0.6) is 11.5 Å². The highest BCUT2D eigenvalue weighted by Crippen LogP contribution is 2.51. The van der Waals surface area contributed by atoms with Crippen molar-refractivity contribution in [2.45, 2.75) is 9.79 Å². The molecule has 0 radical (unpaired) electrons. The van der Waals surface area contributed by atoms with Gasteiger partial charge >= 0.3 is 0 Å². The van der Waals surface area contributed by atoms with Gasteiger partial charge in [0.1, 0.15) is 22.8 Å². The zero-order chi connectivity index (χ0) is 35.2. The van der Waals surface area contributed by atoms with E-state index in [4.69, 9.17) is 20.5 Å². The molecule has 0 saturated heterocycles. The van der Waals surface area contributed by atoms with Gasteiger partial charge in [-0.25, -0.2) is 20.5 Å². The molecule has 0 unspecified atom stereocenters. The molecule has 4 aromatic heterocycles. The first-order chi connectivity index (χ1) is 25.4. The lowest BCUT2D eigenvalue weighted by atomic mass is 9.85.